The Morgan fingerprint density at radius 3 is 2.38 bits per heavy atom. The summed E-state index contributed by atoms with van der Waals surface area (Å²) < 4.78 is 43.5. The number of halogens is 3. The average molecular weight is 345 g/mol. The van der Waals surface area contributed by atoms with E-state index >= 15 is 0 Å². The van der Waals surface area contributed by atoms with Crippen molar-refractivity contribution in [2.45, 2.75) is 19.1 Å². The smallest absolute Gasteiger partial charge is 0.379 e. The lowest BCUT2D eigenvalue weighted by atomic mass is 10.0. The number of nitrogens with one attached hydrogen (secondary N) is 2. The van der Waals surface area contributed by atoms with Crippen LogP contribution in [-0.4, -0.2) is 50.3 Å². The molecule has 0 spiro atoms. The van der Waals surface area contributed by atoms with Gasteiger partial charge < -0.3 is 15.4 Å². The fourth-order valence-electron chi connectivity index (χ4n) is 2.65. The van der Waals surface area contributed by atoms with Crippen LogP contribution >= 0.6 is 0 Å². The van der Waals surface area contributed by atoms with E-state index in [-0.39, 0.29) is 12.1 Å². The Morgan fingerprint density at radius 1 is 1.21 bits per heavy atom. The summed E-state index contributed by atoms with van der Waals surface area (Å²) in [6, 6.07) is 4.62. The average Bonchev–Trinajstić information content (AvgIpc) is 2.56. The predicted molar refractivity (Wildman–Crippen MR) is 83.7 cm³/mol. The first-order valence-electron chi connectivity index (χ1n) is 7.92. The molecule has 1 aliphatic heterocycles. The van der Waals surface area contributed by atoms with Crippen LogP contribution in [0.15, 0.2) is 24.3 Å². The summed E-state index contributed by atoms with van der Waals surface area (Å²) in [5, 5.41) is 5.41. The van der Waals surface area contributed by atoms with Gasteiger partial charge in [0.25, 0.3) is 0 Å². The summed E-state index contributed by atoms with van der Waals surface area (Å²) in [7, 11) is 0. The second kappa shape index (κ2) is 8.34. The molecule has 1 atom stereocenters. The number of carbonyl (C=O) groups is 1. The van der Waals surface area contributed by atoms with Crippen molar-refractivity contribution < 1.29 is 22.7 Å². The minimum atomic E-state index is -4.35. The molecule has 1 fully saturated rings. The van der Waals surface area contributed by atoms with E-state index in [0.717, 1.165) is 17.7 Å². The number of amides is 2. The van der Waals surface area contributed by atoms with Crippen LogP contribution in [0.3, 0.4) is 0 Å². The van der Waals surface area contributed by atoms with Crippen molar-refractivity contribution >= 4 is 6.03 Å². The Balaban J connectivity index is 2.13. The zero-order valence-corrected chi connectivity index (χ0v) is 13.5. The van der Waals surface area contributed by atoms with Crippen LogP contribution in [0.2, 0.25) is 0 Å². The van der Waals surface area contributed by atoms with Gasteiger partial charge in [-0.3, -0.25) is 4.90 Å². The molecule has 1 saturated heterocycles. The molecular weight excluding hydrogens is 323 g/mol. The maximum Gasteiger partial charge on any atom is 0.416 e. The number of benzene rings is 1. The monoisotopic (exact) mass is 345 g/mol. The van der Waals surface area contributed by atoms with E-state index in [4.69, 9.17) is 4.74 Å². The van der Waals surface area contributed by atoms with E-state index in [2.05, 4.69) is 15.5 Å². The normalized spacial score (nSPS) is 17.3. The van der Waals surface area contributed by atoms with Gasteiger partial charge in [0.1, 0.15) is 0 Å². The number of hydrogen-bond acceptors (Lipinski definition) is 3. The molecule has 24 heavy (non-hydrogen) atoms. The Kier molecular flexibility index (Phi) is 6.44. The Bertz CT molecular complexity index is 528. The molecular formula is C16H22F3N3O2. The summed E-state index contributed by atoms with van der Waals surface area (Å²) in [6.07, 6.45) is -4.35. The van der Waals surface area contributed by atoms with Gasteiger partial charge in [-0.25, -0.2) is 4.79 Å². The van der Waals surface area contributed by atoms with Crippen LogP contribution in [0.4, 0.5) is 18.0 Å². The highest BCUT2D eigenvalue weighted by Crippen LogP contribution is 2.31. The maximum absolute atomic E-state index is 12.7. The highest BCUT2D eigenvalue weighted by molar-refractivity contribution is 5.73. The first-order chi connectivity index (χ1) is 11.4. The zero-order chi connectivity index (χ0) is 17.6. The lowest BCUT2D eigenvalue weighted by Crippen LogP contribution is -2.45. The summed E-state index contributed by atoms with van der Waals surface area (Å²) in [4.78, 5) is 13.7. The molecule has 0 radical (unpaired) electrons. The van der Waals surface area contributed by atoms with Crippen LogP contribution in [-0.2, 0) is 10.9 Å². The largest absolute Gasteiger partial charge is 0.416 e. The van der Waals surface area contributed by atoms with Crippen LogP contribution < -0.4 is 10.6 Å². The molecule has 1 unspecified atom stereocenters. The maximum atomic E-state index is 12.7. The molecule has 1 aromatic rings. The molecule has 1 aromatic carbocycles. The summed E-state index contributed by atoms with van der Waals surface area (Å²) in [5.41, 5.74) is 0.0605. The molecule has 2 rings (SSSR count). The minimum Gasteiger partial charge on any atom is -0.379 e. The van der Waals surface area contributed by atoms with Gasteiger partial charge in [-0.1, -0.05) is 12.1 Å². The Hall–Kier alpha value is -1.80. The molecule has 0 bridgehead atoms. The summed E-state index contributed by atoms with van der Waals surface area (Å²) in [6.45, 7) is 5.11. The first kappa shape index (κ1) is 18.5. The third kappa shape index (κ3) is 5.10. The van der Waals surface area contributed by atoms with Gasteiger partial charge in [-0.05, 0) is 24.6 Å². The van der Waals surface area contributed by atoms with Gasteiger partial charge in [0.05, 0.1) is 24.8 Å². The zero-order valence-electron chi connectivity index (χ0n) is 13.5. The third-order valence-corrected chi connectivity index (χ3v) is 3.90. The number of carbonyl (C=O) groups excluding carboxylic acids is 1. The van der Waals surface area contributed by atoms with Crippen molar-refractivity contribution in [3.63, 3.8) is 0 Å². The van der Waals surface area contributed by atoms with Crippen molar-refractivity contribution in [1.29, 1.82) is 0 Å². The van der Waals surface area contributed by atoms with E-state index in [0.29, 0.717) is 39.4 Å². The van der Waals surface area contributed by atoms with Crippen molar-refractivity contribution in [1.82, 2.24) is 15.5 Å². The van der Waals surface area contributed by atoms with Gasteiger partial charge in [0, 0.05) is 26.2 Å². The van der Waals surface area contributed by atoms with Gasteiger partial charge >= 0.3 is 12.2 Å². The van der Waals surface area contributed by atoms with E-state index in [1.165, 1.54) is 12.1 Å². The van der Waals surface area contributed by atoms with Crippen molar-refractivity contribution in [2.24, 2.45) is 0 Å². The Labute approximate surface area is 139 Å². The van der Waals surface area contributed by atoms with Crippen molar-refractivity contribution in [3.8, 4) is 0 Å². The van der Waals surface area contributed by atoms with E-state index in [1.807, 2.05) is 6.92 Å². The number of hydrogen-bond donors (Lipinski definition) is 2. The molecule has 0 saturated carbocycles. The predicted octanol–water partition coefficient (Wildman–Crippen LogP) is 2.40. The summed E-state index contributed by atoms with van der Waals surface area (Å²) in [5.74, 6) is 0. The molecule has 2 amide bonds. The van der Waals surface area contributed by atoms with Gasteiger partial charge in [0.2, 0.25) is 0 Å². The Morgan fingerprint density at radius 2 is 1.83 bits per heavy atom. The lowest BCUT2D eigenvalue weighted by Gasteiger charge is -2.35. The fraction of sp³-hybridized carbons (Fsp3) is 0.562. The van der Waals surface area contributed by atoms with Crippen LogP contribution in [0.5, 0.6) is 0 Å². The second-order valence-electron chi connectivity index (χ2n) is 5.52. The standard InChI is InChI=1S/C16H22F3N3O2/c1-2-20-15(23)21-11-14(22-7-9-24-10-8-22)12-3-5-13(6-4-12)16(17,18)19/h3-6,14H,2,7-11H2,1H3,(H2,20,21,23). The van der Waals surface area contributed by atoms with Crippen LogP contribution in [0, 0.1) is 0 Å². The van der Waals surface area contributed by atoms with Crippen LogP contribution in [0.1, 0.15) is 24.1 Å². The van der Waals surface area contributed by atoms with Gasteiger partial charge in [-0.2, -0.15) is 13.2 Å². The van der Waals surface area contributed by atoms with E-state index < -0.39 is 11.7 Å². The molecule has 134 valence electrons. The fourth-order valence-corrected chi connectivity index (χ4v) is 2.65. The number of ether oxygens (including phenoxy) is 1. The van der Waals surface area contributed by atoms with Crippen LogP contribution in [0.25, 0.3) is 0 Å². The molecule has 1 aliphatic rings. The number of alkyl halides is 3. The molecule has 0 aliphatic carbocycles. The second-order valence-corrected chi connectivity index (χ2v) is 5.52. The van der Waals surface area contributed by atoms with Gasteiger partial charge in [-0.15, -0.1) is 0 Å². The minimum absolute atomic E-state index is 0.196. The molecule has 1 heterocycles. The number of urea groups is 1. The number of rotatable bonds is 5. The quantitative estimate of drug-likeness (QED) is 0.862. The summed E-state index contributed by atoms with van der Waals surface area (Å²) >= 11 is 0. The highest BCUT2D eigenvalue weighted by atomic mass is 19.4. The van der Waals surface area contributed by atoms with Gasteiger partial charge in [0.15, 0.2) is 0 Å². The topological polar surface area (TPSA) is 53.6 Å². The molecule has 0 aromatic heterocycles. The van der Waals surface area contributed by atoms with Crippen molar-refractivity contribution in [3.05, 3.63) is 35.4 Å². The van der Waals surface area contributed by atoms with E-state index in [1.54, 1.807) is 0 Å². The first-order valence-corrected chi connectivity index (χ1v) is 7.92. The lowest BCUT2D eigenvalue weighted by molar-refractivity contribution is -0.137. The molecule has 8 heteroatoms. The third-order valence-electron chi connectivity index (χ3n) is 3.90. The van der Waals surface area contributed by atoms with E-state index in [9.17, 15) is 18.0 Å². The number of morpholine rings is 1. The SMILES string of the molecule is CCNC(=O)NCC(c1ccc(C(F)(F)F)cc1)N1CCOCC1. The highest BCUT2D eigenvalue weighted by Gasteiger charge is 2.31. The molecule has 5 nitrogen and oxygen atoms in total. The number of nitrogens with zero attached hydrogens (tertiary/aromatic N) is 1. The van der Waals surface area contributed by atoms with Crippen molar-refractivity contribution in [2.75, 3.05) is 39.4 Å². The molecule has 2 N–H and O–H groups in total.